The predicted octanol–water partition coefficient (Wildman–Crippen LogP) is 2.80. The predicted molar refractivity (Wildman–Crippen MR) is 78.4 cm³/mol. The number of methoxy groups -OCH3 is 1. The molecule has 1 aromatic carbocycles. The highest BCUT2D eigenvalue weighted by molar-refractivity contribution is 5.94. The van der Waals surface area contributed by atoms with E-state index in [-0.39, 0.29) is 12.0 Å². The average Bonchev–Trinajstić information content (AvgIpc) is 3.03. The molecule has 2 rings (SSSR count). The Morgan fingerprint density at radius 3 is 2.62 bits per heavy atom. The van der Waals surface area contributed by atoms with Crippen LogP contribution in [0.2, 0.25) is 0 Å². The monoisotopic (exact) mass is 289 g/mol. The normalized spacial score (nSPS) is 11.9. The molecule has 0 aliphatic heterocycles. The van der Waals surface area contributed by atoms with Crippen LogP contribution < -0.4 is 10.1 Å². The number of ether oxygens (including phenoxy) is 2. The van der Waals surface area contributed by atoms with Crippen LogP contribution >= 0.6 is 0 Å². The minimum absolute atomic E-state index is 0.161. The molecule has 1 heterocycles. The zero-order chi connectivity index (χ0) is 15.1. The maximum Gasteiger partial charge on any atom is 0.251 e. The van der Waals surface area contributed by atoms with E-state index in [2.05, 4.69) is 5.32 Å². The first-order chi connectivity index (χ1) is 10.2. The first-order valence-corrected chi connectivity index (χ1v) is 6.81. The van der Waals surface area contributed by atoms with Gasteiger partial charge in [0.25, 0.3) is 5.91 Å². The Morgan fingerprint density at radius 1 is 1.29 bits per heavy atom. The fourth-order valence-corrected chi connectivity index (χ4v) is 1.93. The van der Waals surface area contributed by atoms with Crippen LogP contribution in [0.4, 0.5) is 0 Å². The lowest BCUT2D eigenvalue weighted by Gasteiger charge is -2.14. The fraction of sp³-hybridized carbons (Fsp3) is 0.312. The van der Waals surface area contributed by atoms with Crippen LogP contribution in [0.25, 0.3) is 0 Å². The van der Waals surface area contributed by atoms with E-state index in [0.717, 1.165) is 5.75 Å². The Bertz CT molecular complexity index is 548. The summed E-state index contributed by atoms with van der Waals surface area (Å²) in [5.41, 5.74) is 0.577. The highest BCUT2D eigenvalue weighted by Gasteiger charge is 2.15. The number of rotatable bonds is 7. The highest BCUT2D eigenvalue weighted by Crippen LogP contribution is 2.16. The van der Waals surface area contributed by atoms with E-state index in [1.807, 2.05) is 13.0 Å². The van der Waals surface area contributed by atoms with E-state index in [9.17, 15) is 4.79 Å². The van der Waals surface area contributed by atoms with Gasteiger partial charge in [0.15, 0.2) is 0 Å². The molecule has 1 unspecified atom stereocenters. The summed E-state index contributed by atoms with van der Waals surface area (Å²) >= 11 is 0. The number of benzene rings is 1. The van der Waals surface area contributed by atoms with Crippen molar-refractivity contribution >= 4 is 5.91 Å². The molecule has 1 amide bonds. The maximum atomic E-state index is 12.1. The van der Waals surface area contributed by atoms with Crippen LogP contribution in [-0.4, -0.2) is 26.2 Å². The molecule has 0 fully saturated rings. The average molecular weight is 289 g/mol. The Kier molecular flexibility index (Phi) is 5.40. The highest BCUT2D eigenvalue weighted by atomic mass is 16.5. The molecule has 0 saturated carbocycles. The Balaban J connectivity index is 1.91. The van der Waals surface area contributed by atoms with Crippen molar-refractivity contribution in [2.75, 3.05) is 20.3 Å². The molecule has 0 bridgehead atoms. The van der Waals surface area contributed by atoms with Crippen molar-refractivity contribution in [1.82, 2.24) is 5.32 Å². The third-order valence-corrected chi connectivity index (χ3v) is 3.02. The zero-order valence-electron chi connectivity index (χ0n) is 12.2. The van der Waals surface area contributed by atoms with Crippen molar-refractivity contribution in [3.63, 3.8) is 0 Å². The SMILES string of the molecule is CCOc1ccc(C(=O)NCC(OC)c2ccco2)cc1. The van der Waals surface area contributed by atoms with Crippen molar-refractivity contribution in [1.29, 1.82) is 0 Å². The second-order valence-electron chi connectivity index (χ2n) is 4.41. The largest absolute Gasteiger partial charge is 0.494 e. The maximum absolute atomic E-state index is 12.1. The van der Waals surface area contributed by atoms with Gasteiger partial charge >= 0.3 is 0 Å². The number of carbonyl (C=O) groups is 1. The third kappa shape index (κ3) is 4.10. The van der Waals surface area contributed by atoms with Crippen LogP contribution in [0.15, 0.2) is 47.1 Å². The van der Waals surface area contributed by atoms with Crippen molar-refractivity contribution in [2.45, 2.75) is 13.0 Å². The summed E-state index contributed by atoms with van der Waals surface area (Å²) in [4.78, 5) is 12.1. The number of furan rings is 1. The van der Waals surface area contributed by atoms with Gasteiger partial charge in [-0.25, -0.2) is 0 Å². The molecule has 0 radical (unpaired) electrons. The topological polar surface area (TPSA) is 60.7 Å². The minimum atomic E-state index is -0.299. The Labute approximate surface area is 123 Å². The number of hydrogen-bond acceptors (Lipinski definition) is 4. The Morgan fingerprint density at radius 2 is 2.05 bits per heavy atom. The second kappa shape index (κ2) is 7.50. The van der Waals surface area contributed by atoms with Gasteiger partial charge in [-0.05, 0) is 43.3 Å². The zero-order valence-corrected chi connectivity index (χ0v) is 12.2. The van der Waals surface area contributed by atoms with Crippen LogP contribution in [0.5, 0.6) is 5.75 Å². The smallest absolute Gasteiger partial charge is 0.251 e. The number of nitrogens with one attached hydrogen (secondary N) is 1. The first-order valence-electron chi connectivity index (χ1n) is 6.81. The minimum Gasteiger partial charge on any atom is -0.494 e. The molecule has 112 valence electrons. The van der Waals surface area contributed by atoms with Gasteiger partial charge in [-0.1, -0.05) is 0 Å². The van der Waals surface area contributed by atoms with Gasteiger partial charge < -0.3 is 19.2 Å². The summed E-state index contributed by atoms with van der Waals surface area (Å²) in [5.74, 6) is 1.27. The molecule has 0 spiro atoms. The second-order valence-corrected chi connectivity index (χ2v) is 4.41. The fourth-order valence-electron chi connectivity index (χ4n) is 1.93. The molecule has 5 heteroatoms. The summed E-state index contributed by atoms with van der Waals surface area (Å²) in [5, 5.41) is 2.82. The Hall–Kier alpha value is -2.27. The van der Waals surface area contributed by atoms with Gasteiger partial charge in [0.2, 0.25) is 0 Å². The van der Waals surface area contributed by atoms with Crippen LogP contribution in [0.1, 0.15) is 29.1 Å². The number of hydrogen-bond donors (Lipinski definition) is 1. The summed E-state index contributed by atoms with van der Waals surface area (Å²) in [6.45, 7) is 2.86. The first kappa shape index (κ1) is 15.1. The lowest BCUT2D eigenvalue weighted by Crippen LogP contribution is -2.28. The van der Waals surface area contributed by atoms with Crippen LogP contribution in [-0.2, 0) is 4.74 Å². The summed E-state index contributed by atoms with van der Waals surface area (Å²) < 4.78 is 15.9. The molecule has 2 aromatic rings. The summed E-state index contributed by atoms with van der Waals surface area (Å²) in [7, 11) is 1.58. The lowest BCUT2D eigenvalue weighted by atomic mass is 10.2. The number of carbonyl (C=O) groups excluding carboxylic acids is 1. The molecule has 1 N–H and O–H groups in total. The van der Waals surface area contributed by atoms with Crippen molar-refractivity contribution in [3.8, 4) is 5.75 Å². The van der Waals surface area contributed by atoms with Crippen molar-refractivity contribution in [3.05, 3.63) is 54.0 Å². The molecular weight excluding hydrogens is 270 g/mol. The molecular formula is C16H19NO4. The van der Waals surface area contributed by atoms with Crippen molar-refractivity contribution < 1.29 is 18.7 Å². The van der Waals surface area contributed by atoms with Gasteiger partial charge in [-0.15, -0.1) is 0 Å². The molecule has 5 nitrogen and oxygen atoms in total. The van der Waals surface area contributed by atoms with Gasteiger partial charge in [0, 0.05) is 12.7 Å². The lowest BCUT2D eigenvalue weighted by molar-refractivity contribution is 0.0738. The third-order valence-electron chi connectivity index (χ3n) is 3.02. The van der Waals surface area contributed by atoms with E-state index in [1.165, 1.54) is 0 Å². The van der Waals surface area contributed by atoms with E-state index >= 15 is 0 Å². The van der Waals surface area contributed by atoms with Crippen LogP contribution in [0, 0.1) is 0 Å². The van der Waals surface area contributed by atoms with E-state index in [0.29, 0.717) is 24.5 Å². The van der Waals surface area contributed by atoms with Gasteiger partial charge in [-0.2, -0.15) is 0 Å². The van der Waals surface area contributed by atoms with E-state index < -0.39 is 0 Å². The van der Waals surface area contributed by atoms with Crippen molar-refractivity contribution in [2.24, 2.45) is 0 Å². The van der Waals surface area contributed by atoms with E-state index in [1.54, 1.807) is 43.7 Å². The quantitative estimate of drug-likeness (QED) is 0.851. The van der Waals surface area contributed by atoms with Crippen LogP contribution in [0.3, 0.4) is 0 Å². The molecule has 1 aromatic heterocycles. The standard InChI is InChI=1S/C16H19NO4/c1-3-20-13-8-6-12(7-9-13)16(18)17-11-15(19-2)14-5-4-10-21-14/h4-10,15H,3,11H2,1-2H3,(H,17,18). The molecule has 0 aliphatic rings. The van der Waals surface area contributed by atoms with Gasteiger partial charge in [-0.3, -0.25) is 4.79 Å². The molecule has 0 aliphatic carbocycles. The summed E-state index contributed by atoms with van der Waals surface area (Å²) in [6.07, 6.45) is 1.28. The van der Waals surface area contributed by atoms with E-state index in [4.69, 9.17) is 13.9 Å². The molecule has 21 heavy (non-hydrogen) atoms. The molecule has 1 atom stereocenters. The van der Waals surface area contributed by atoms with Gasteiger partial charge in [0.1, 0.15) is 17.6 Å². The van der Waals surface area contributed by atoms with Gasteiger partial charge in [0.05, 0.1) is 19.4 Å². The summed E-state index contributed by atoms with van der Waals surface area (Å²) in [6, 6.07) is 10.6. The molecule has 0 saturated heterocycles. The number of amides is 1.